The fourth-order valence-corrected chi connectivity index (χ4v) is 5.34. The minimum absolute atomic E-state index is 0.102. The summed E-state index contributed by atoms with van der Waals surface area (Å²) in [4.78, 5) is 11.3. The molecule has 1 aliphatic rings. The number of rotatable bonds is 5. The van der Waals surface area contributed by atoms with Crippen LogP contribution in [0, 0.1) is 17.6 Å². The van der Waals surface area contributed by atoms with Gasteiger partial charge in [-0.2, -0.15) is 13.2 Å². The van der Waals surface area contributed by atoms with Gasteiger partial charge in [0.25, 0.3) is 5.91 Å². The fourth-order valence-electron chi connectivity index (χ4n) is 3.15. The first-order valence-corrected chi connectivity index (χ1v) is 10.7. The summed E-state index contributed by atoms with van der Waals surface area (Å²) in [7, 11) is -4.15. The lowest BCUT2D eigenvalue weighted by molar-refractivity contribution is -0.137. The molecule has 1 fully saturated rings. The SMILES string of the molecule is O=C(NCC1CC(S(=O)(=O)c2cc(F)cc(C(F)(F)F)c2)C1)c1ccc(F)c(Cl)c1. The minimum atomic E-state index is -4.87. The molecule has 4 nitrogen and oxygen atoms in total. The molecule has 2 aromatic carbocycles. The summed E-state index contributed by atoms with van der Waals surface area (Å²) in [6.45, 7) is 0.122. The van der Waals surface area contributed by atoms with Gasteiger partial charge >= 0.3 is 6.18 Å². The van der Waals surface area contributed by atoms with E-state index in [1.807, 2.05) is 0 Å². The highest BCUT2D eigenvalue weighted by atomic mass is 35.5. The zero-order valence-electron chi connectivity index (χ0n) is 15.1. The molecule has 0 spiro atoms. The van der Waals surface area contributed by atoms with Gasteiger partial charge in [0.2, 0.25) is 0 Å². The first-order chi connectivity index (χ1) is 13.9. The molecule has 0 aliphatic heterocycles. The topological polar surface area (TPSA) is 63.2 Å². The Kier molecular flexibility index (Phi) is 6.10. The normalized spacial score (nSPS) is 19.3. The summed E-state index contributed by atoms with van der Waals surface area (Å²) in [5.74, 6) is -2.71. The zero-order chi connectivity index (χ0) is 22.3. The highest BCUT2D eigenvalue weighted by Gasteiger charge is 2.41. The van der Waals surface area contributed by atoms with E-state index in [2.05, 4.69) is 5.32 Å². The van der Waals surface area contributed by atoms with Crippen LogP contribution in [0.4, 0.5) is 22.0 Å². The summed E-state index contributed by atoms with van der Waals surface area (Å²) in [5, 5.41) is 1.39. The molecule has 162 valence electrons. The summed E-state index contributed by atoms with van der Waals surface area (Å²) < 4.78 is 90.3. The van der Waals surface area contributed by atoms with Gasteiger partial charge in [0.05, 0.1) is 20.7 Å². The first-order valence-electron chi connectivity index (χ1n) is 8.73. The third-order valence-corrected chi connectivity index (χ3v) is 7.34. The molecule has 0 bridgehead atoms. The molecule has 0 heterocycles. The fraction of sp³-hybridized carbons (Fsp3) is 0.316. The third-order valence-electron chi connectivity index (χ3n) is 4.89. The van der Waals surface area contributed by atoms with E-state index >= 15 is 0 Å². The molecule has 1 amide bonds. The Hall–Kier alpha value is -2.20. The molecule has 1 N–H and O–H groups in total. The van der Waals surface area contributed by atoms with Crippen molar-refractivity contribution in [2.24, 2.45) is 5.92 Å². The van der Waals surface area contributed by atoms with Gasteiger partial charge in [0.1, 0.15) is 11.6 Å². The van der Waals surface area contributed by atoms with Crippen LogP contribution in [-0.2, 0) is 16.0 Å². The summed E-state index contributed by atoms with van der Waals surface area (Å²) in [5.41, 5.74) is -1.24. The second-order valence-electron chi connectivity index (χ2n) is 7.02. The van der Waals surface area contributed by atoms with Gasteiger partial charge in [-0.25, -0.2) is 17.2 Å². The van der Waals surface area contributed by atoms with Crippen molar-refractivity contribution in [1.29, 1.82) is 0 Å². The van der Waals surface area contributed by atoms with Crippen molar-refractivity contribution in [1.82, 2.24) is 5.32 Å². The molecule has 30 heavy (non-hydrogen) atoms. The van der Waals surface area contributed by atoms with Crippen LogP contribution < -0.4 is 5.32 Å². The van der Waals surface area contributed by atoms with Crippen molar-refractivity contribution >= 4 is 27.3 Å². The second kappa shape index (κ2) is 8.14. The van der Waals surface area contributed by atoms with Crippen LogP contribution in [0.5, 0.6) is 0 Å². The second-order valence-corrected chi connectivity index (χ2v) is 9.65. The molecule has 3 rings (SSSR count). The Morgan fingerprint density at radius 1 is 1.10 bits per heavy atom. The lowest BCUT2D eigenvalue weighted by Crippen LogP contribution is -2.42. The highest BCUT2D eigenvalue weighted by molar-refractivity contribution is 7.92. The molecule has 1 aliphatic carbocycles. The molecule has 0 saturated heterocycles. The summed E-state index contributed by atoms with van der Waals surface area (Å²) >= 11 is 5.62. The smallest absolute Gasteiger partial charge is 0.352 e. The van der Waals surface area contributed by atoms with Crippen molar-refractivity contribution in [3.05, 3.63) is 64.2 Å². The maximum absolute atomic E-state index is 13.5. The van der Waals surface area contributed by atoms with Gasteiger partial charge in [-0.1, -0.05) is 11.6 Å². The molecule has 11 heteroatoms. The van der Waals surface area contributed by atoms with Crippen LogP contribution in [0.3, 0.4) is 0 Å². The van der Waals surface area contributed by atoms with Gasteiger partial charge in [-0.05, 0) is 55.2 Å². The van der Waals surface area contributed by atoms with E-state index in [1.54, 1.807) is 0 Å². The van der Waals surface area contributed by atoms with Gasteiger partial charge < -0.3 is 5.32 Å². The van der Waals surface area contributed by atoms with E-state index < -0.39 is 49.3 Å². The van der Waals surface area contributed by atoms with Gasteiger partial charge in [-0.15, -0.1) is 0 Å². The number of carbonyl (C=O) groups is 1. The Labute approximate surface area is 174 Å². The lowest BCUT2D eigenvalue weighted by atomic mass is 9.85. The molecule has 0 unspecified atom stereocenters. The monoisotopic (exact) mass is 467 g/mol. The lowest BCUT2D eigenvalue weighted by Gasteiger charge is -2.35. The minimum Gasteiger partial charge on any atom is -0.352 e. The van der Waals surface area contributed by atoms with Crippen LogP contribution in [0.25, 0.3) is 0 Å². The van der Waals surface area contributed by atoms with Crippen molar-refractivity contribution in [3.8, 4) is 0 Å². The molecule has 2 aromatic rings. The molecular formula is C19H15ClF5NO3S. The summed E-state index contributed by atoms with van der Waals surface area (Å²) in [6, 6.07) is 4.66. The molecule has 0 radical (unpaired) electrons. The van der Waals surface area contributed by atoms with Gasteiger partial charge in [0.15, 0.2) is 9.84 Å². The molecule has 0 aromatic heterocycles. The Morgan fingerprint density at radius 2 is 1.77 bits per heavy atom. The van der Waals surface area contributed by atoms with Crippen molar-refractivity contribution in [2.45, 2.75) is 29.2 Å². The number of hydrogen-bond donors (Lipinski definition) is 1. The zero-order valence-corrected chi connectivity index (χ0v) is 16.7. The third kappa shape index (κ3) is 4.75. The average Bonchev–Trinajstić information content (AvgIpc) is 2.61. The number of benzene rings is 2. The van der Waals surface area contributed by atoms with Crippen molar-refractivity contribution in [3.63, 3.8) is 0 Å². The Morgan fingerprint density at radius 3 is 2.37 bits per heavy atom. The van der Waals surface area contributed by atoms with E-state index in [0.29, 0.717) is 12.1 Å². The van der Waals surface area contributed by atoms with E-state index in [-0.39, 0.29) is 42.0 Å². The van der Waals surface area contributed by atoms with Crippen LogP contribution in [-0.4, -0.2) is 26.1 Å². The highest BCUT2D eigenvalue weighted by Crippen LogP contribution is 2.38. The summed E-state index contributed by atoms with van der Waals surface area (Å²) in [6.07, 6.45) is -4.67. The van der Waals surface area contributed by atoms with E-state index in [4.69, 9.17) is 11.6 Å². The van der Waals surface area contributed by atoms with Crippen LogP contribution in [0.2, 0.25) is 5.02 Å². The number of amides is 1. The molecular weight excluding hydrogens is 453 g/mol. The number of carbonyl (C=O) groups excluding carboxylic acids is 1. The maximum atomic E-state index is 13.5. The molecule has 1 saturated carbocycles. The quantitative estimate of drug-likeness (QED) is 0.653. The van der Waals surface area contributed by atoms with E-state index in [9.17, 15) is 35.2 Å². The van der Waals surface area contributed by atoms with Crippen LogP contribution in [0.1, 0.15) is 28.8 Å². The number of sulfone groups is 1. The standard InChI is InChI=1S/C19H15ClF5NO3S/c20-16-5-11(1-2-17(16)22)18(27)26-9-10-3-14(4-10)30(28,29)15-7-12(19(23,24)25)6-13(21)8-15/h1-2,5-8,10,14H,3-4,9H2,(H,26,27). The number of nitrogens with one attached hydrogen (secondary N) is 1. The molecule has 0 atom stereocenters. The number of hydrogen-bond acceptors (Lipinski definition) is 3. The van der Waals surface area contributed by atoms with E-state index in [0.717, 1.165) is 12.1 Å². The van der Waals surface area contributed by atoms with Crippen molar-refractivity contribution < 1.29 is 35.2 Å². The predicted octanol–water partition coefficient (Wildman–Crippen LogP) is 4.62. The predicted molar refractivity (Wildman–Crippen MR) is 98.8 cm³/mol. The van der Waals surface area contributed by atoms with Crippen molar-refractivity contribution in [2.75, 3.05) is 6.54 Å². The first kappa shape index (κ1) is 22.5. The Bertz CT molecular complexity index is 1080. The van der Waals surface area contributed by atoms with Crippen LogP contribution in [0.15, 0.2) is 41.3 Å². The number of halogens is 6. The number of alkyl halides is 3. The average molecular weight is 468 g/mol. The van der Waals surface area contributed by atoms with Gasteiger partial charge in [0, 0.05) is 12.1 Å². The van der Waals surface area contributed by atoms with Crippen LogP contribution >= 0.6 is 11.6 Å². The van der Waals surface area contributed by atoms with E-state index in [1.165, 1.54) is 6.07 Å². The largest absolute Gasteiger partial charge is 0.416 e. The Balaban J connectivity index is 1.61. The van der Waals surface area contributed by atoms with Gasteiger partial charge in [-0.3, -0.25) is 4.79 Å². The maximum Gasteiger partial charge on any atom is 0.416 e.